The summed E-state index contributed by atoms with van der Waals surface area (Å²) in [6, 6.07) is 1.96. The second-order valence-corrected chi connectivity index (χ2v) is 1.07. The molecule has 0 fully saturated rings. The van der Waals surface area contributed by atoms with Gasteiger partial charge in [0.1, 0.15) is 0 Å². The molecule has 0 bridgehead atoms. The van der Waals surface area contributed by atoms with Gasteiger partial charge in [0.05, 0.1) is 12.5 Å². The molecule has 0 aromatic heterocycles. The molecule has 7 heavy (non-hydrogen) atoms. The van der Waals surface area contributed by atoms with E-state index in [1.165, 1.54) is 0 Å². The number of rotatable bonds is 2. The van der Waals surface area contributed by atoms with E-state index in [-0.39, 0.29) is 0 Å². The van der Waals surface area contributed by atoms with Gasteiger partial charge in [-0.25, -0.2) is 0 Å². The smallest absolute Gasteiger partial charge is 0.0663 e. The van der Waals surface area contributed by atoms with Crippen molar-refractivity contribution in [3.63, 3.8) is 0 Å². The van der Waals surface area contributed by atoms with Crippen molar-refractivity contribution < 1.29 is 0 Å². The van der Waals surface area contributed by atoms with Crippen LogP contribution in [-0.4, -0.2) is 6.54 Å². The Bertz CT molecular complexity index is 88.7. The van der Waals surface area contributed by atoms with E-state index in [4.69, 9.17) is 11.0 Å². The molecule has 2 nitrogen and oxygen atoms in total. The average Bonchev–Trinajstić information content (AvgIpc) is 1.69. The summed E-state index contributed by atoms with van der Waals surface area (Å²) in [5, 5.41) is 7.95. The predicted molar refractivity (Wildman–Crippen MR) is 28.4 cm³/mol. The topological polar surface area (TPSA) is 49.8 Å². The fourth-order valence-electron chi connectivity index (χ4n) is 0.232. The predicted octanol–water partition coefficient (Wildman–Crippen LogP) is 0.415. The van der Waals surface area contributed by atoms with E-state index in [1.54, 1.807) is 12.2 Å². The molecule has 0 atom stereocenters. The first-order valence-electron chi connectivity index (χ1n) is 2.14. The third-order valence-electron chi connectivity index (χ3n) is 0.512. The fraction of sp³-hybridized carbons (Fsp3) is 0.400. The van der Waals surface area contributed by atoms with Gasteiger partial charge in [-0.05, 0) is 0 Å². The summed E-state index contributed by atoms with van der Waals surface area (Å²) in [4.78, 5) is 0. The molecule has 0 aromatic rings. The first-order valence-corrected chi connectivity index (χ1v) is 2.14. The third-order valence-corrected chi connectivity index (χ3v) is 0.512. The van der Waals surface area contributed by atoms with Crippen LogP contribution in [0.15, 0.2) is 12.2 Å². The Morgan fingerprint density at radius 3 is 2.71 bits per heavy atom. The monoisotopic (exact) mass is 96.1 g/mol. The fourth-order valence-corrected chi connectivity index (χ4v) is 0.232. The molecule has 0 amide bonds. The van der Waals surface area contributed by atoms with Gasteiger partial charge in [0.25, 0.3) is 0 Å². The van der Waals surface area contributed by atoms with Crippen molar-refractivity contribution in [2.24, 2.45) is 5.73 Å². The van der Waals surface area contributed by atoms with Gasteiger partial charge in [-0.2, -0.15) is 5.26 Å². The third kappa shape index (κ3) is 5.19. The first-order chi connectivity index (χ1) is 3.41. The van der Waals surface area contributed by atoms with Gasteiger partial charge in [0.15, 0.2) is 0 Å². The van der Waals surface area contributed by atoms with Gasteiger partial charge < -0.3 is 5.73 Å². The SMILES string of the molecule is N#CC/C=C/CN. The number of hydrogen-bond acceptors (Lipinski definition) is 2. The van der Waals surface area contributed by atoms with Crippen molar-refractivity contribution in [3.8, 4) is 6.07 Å². The Morgan fingerprint density at radius 1 is 1.57 bits per heavy atom. The summed E-state index contributed by atoms with van der Waals surface area (Å²) in [7, 11) is 0. The maximum absolute atomic E-state index is 7.95. The lowest BCUT2D eigenvalue weighted by atomic mass is 10.4. The Kier molecular flexibility index (Phi) is 4.59. The second kappa shape index (κ2) is 5.19. The molecule has 0 saturated heterocycles. The van der Waals surface area contributed by atoms with E-state index in [0.717, 1.165) is 0 Å². The zero-order valence-electron chi connectivity index (χ0n) is 4.09. The van der Waals surface area contributed by atoms with Gasteiger partial charge >= 0.3 is 0 Å². The van der Waals surface area contributed by atoms with Crippen molar-refractivity contribution in [2.75, 3.05) is 6.54 Å². The van der Waals surface area contributed by atoms with Gasteiger partial charge in [-0.15, -0.1) is 0 Å². The highest BCUT2D eigenvalue weighted by Crippen LogP contribution is 1.74. The molecule has 0 spiro atoms. The maximum atomic E-state index is 7.95. The highest BCUT2D eigenvalue weighted by atomic mass is 14.5. The van der Waals surface area contributed by atoms with Crippen molar-refractivity contribution in [3.05, 3.63) is 12.2 Å². The highest BCUT2D eigenvalue weighted by molar-refractivity contribution is 4.90. The van der Waals surface area contributed by atoms with E-state index in [2.05, 4.69) is 0 Å². The summed E-state index contributed by atoms with van der Waals surface area (Å²) in [5.41, 5.74) is 5.07. The van der Waals surface area contributed by atoms with Gasteiger partial charge in [0, 0.05) is 6.54 Å². The standard InChI is InChI=1S/C5H8N2/c6-4-2-1-3-5-7/h1-2H,3-4,6H2/b2-1+. The molecule has 0 heterocycles. The highest BCUT2D eigenvalue weighted by Gasteiger charge is 1.65. The molecular formula is C5H8N2. The summed E-state index contributed by atoms with van der Waals surface area (Å²) >= 11 is 0. The molecule has 2 N–H and O–H groups in total. The Morgan fingerprint density at radius 2 is 2.29 bits per heavy atom. The normalized spacial score (nSPS) is 9.14. The van der Waals surface area contributed by atoms with Crippen molar-refractivity contribution in [1.82, 2.24) is 0 Å². The lowest BCUT2D eigenvalue weighted by Crippen LogP contribution is -1.91. The van der Waals surface area contributed by atoms with Crippen LogP contribution in [0, 0.1) is 11.3 Å². The molecule has 0 aliphatic rings. The number of nitriles is 1. The van der Waals surface area contributed by atoms with Crippen LogP contribution in [0.4, 0.5) is 0 Å². The van der Waals surface area contributed by atoms with Gasteiger partial charge in [-0.3, -0.25) is 0 Å². The molecule has 0 aliphatic carbocycles. The maximum Gasteiger partial charge on any atom is 0.0663 e. The zero-order valence-corrected chi connectivity index (χ0v) is 4.09. The molecule has 0 rings (SSSR count). The molecule has 0 unspecified atom stereocenters. The summed E-state index contributed by atoms with van der Waals surface area (Å²) in [6.07, 6.45) is 3.99. The molecular weight excluding hydrogens is 88.1 g/mol. The first kappa shape index (κ1) is 6.19. The van der Waals surface area contributed by atoms with E-state index < -0.39 is 0 Å². The minimum absolute atomic E-state index is 0.469. The lowest BCUT2D eigenvalue weighted by molar-refractivity contribution is 1.23. The van der Waals surface area contributed by atoms with Crippen molar-refractivity contribution in [2.45, 2.75) is 6.42 Å². The molecule has 2 heteroatoms. The van der Waals surface area contributed by atoms with Crippen molar-refractivity contribution >= 4 is 0 Å². The van der Waals surface area contributed by atoms with E-state index >= 15 is 0 Å². The van der Waals surface area contributed by atoms with Gasteiger partial charge in [0.2, 0.25) is 0 Å². The summed E-state index contributed by atoms with van der Waals surface area (Å²) in [6.45, 7) is 0.529. The van der Waals surface area contributed by atoms with Crippen LogP contribution in [0.1, 0.15) is 6.42 Å². The quantitative estimate of drug-likeness (QED) is 0.506. The molecule has 38 valence electrons. The van der Waals surface area contributed by atoms with Crippen LogP contribution in [0.25, 0.3) is 0 Å². The Labute approximate surface area is 43.2 Å². The van der Waals surface area contributed by atoms with Crippen LogP contribution < -0.4 is 5.73 Å². The number of hydrogen-bond donors (Lipinski definition) is 1. The number of nitrogens with two attached hydrogens (primary N) is 1. The number of nitrogens with zero attached hydrogens (tertiary/aromatic N) is 1. The zero-order chi connectivity index (χ0) is 5.54. The molecule has 0 radical (unpaired) electrons. The minimum Gasteiger partial charge on any atom is -0.327 e. The summed E-state index contributed by atoms with van der Waals surface area (Å²) in [5.74, 6) is 0. The van der Waals surface area contributed by atoms with Crippen LogP contribution in [0.5, 0.6) is 0 Å². The summed E-state index contributed by atoms with van der Waals surface area (Å²) < 4.78 is 0. The van der Waals surface area contributed by atoms with Crippen molar-refractivity contribution in [1.29, 1.82) is 5.26 Å². The number of allylic oxidation sites excluding steroid dienone is 1. The average molecular weight is 96.1 g/mol. The largest absolute Gasteiger partial charge is 0.327 e. The van der Waals surface area contributed by atoms with Crippen LogP contribution in [-0.2, 0) is 0 Å². The Balaban J connectivity index is 2.97. The lowest BCUT2D eigenvalue weighted by Gasteiger charge is -1.72. The van der Waals surface area contributed by atoms with Crippen LogP contribution in [0.3, 0.4) is 0 Å². The Hall–Kier alpha value is -0.810. The van der Waals surface area contributed by atoms with Crippen LogP contribution >= 0.6 is 0 Å². The van der Waals surface area contributed by atoms with Gasteiger partial charge in [-0.1, -0.05) is 12.2 Å². The van der Waals surface area contributed by atoms with E-state index in [1.807, 2.05) is 6.07 Å². The minimum atomic E-state index is 0.469. The molecule has 0 saturated carbocycles. The van der Waals surface area contributed by atoms with E-state index in [9.17, 15) is 0 Å². The second-order valence-electron chi connectivity index (χ2n) is 1.07. The van der Waals surface area contributed by atoms with Crippen LogP contribution in [0.2, 0.25) is 0 Å². The molecule has 0 aromatic carbocycles. The van der Waals surface area contributed by atoms with E-state index in [0.29, 0.717) is 13.0 Å². The molecule has 0 aliphatic heterocycles.